The summed E-state index contributed by atoms with van der Waals surface area (Å²) >= 11 is 0. The zero-order valence-corrected chi connectivity index (χ0v) is 12.0. The van der Waals surface area contributed by atoms with Gasteiger partial charge in [0.1, 0.15) is 6.04 Å². The lowest BCUT2D eigenvalue weighted by atomic mass is 10.1. The monoisotopic (exact) mass is 306 g/mol. The molecule has 1 rings (SSSR count). The third kappa shape index (κ3) is 5.18. The molecule has 2 amide bonds. The van der Waals surface area contributed by atoms with Gasteiger partial charge in [0.15, 0.2) is 0 Å². The Kier molecular flexibility index (Phi) is 7.05. The summed E-state index contributed by atoms with van der Waals surface area (Å²) in [6.45, 7) is 1.31. The average Bonchev–Trinajstić information content (AvgIpc) is 2.52. The number of aliphatic hydroxyl groups excluding tert-OH is 2. The first-order chi connectivity index (χ1) is 10.5. The molecule has 0 fully saturated rings. The van der Waals surface area contributed by atoms with Crippen molar-refractivity contribution in [1.82, 2.24) is 10.8 Å². The molecule has 0 saturated carbocycles. The van der Waals surface area contributed by atoms with Gasteiger partial charge in [0.25, 0.3) is 11.8 Å². The van der Waals surface area contributed by atoms with E-state index in [1.165, 1.54) is 24.5 Å². The molecular formula is C15H18N2O5. The highest BCUT2D eigenvalue weighted by atomic mass is 16.5. The van der Waals surface area contributed by atoms with E-state index in [-0.39, 0.29) is 12.2 Å². The Morgan fingerprint density at radius 1 is 1.27 bits per heavy atom. The number of carbonyl (C=O) groups excluding carboxylic acids is 2. The van der Waals surface area contributed by atoms with Crippen molar-refractivity contribution in [2.45, 2.75) is 25.5 Å². The highest BCUT2D eigenvalue weighted by molar-refractivity contribution is 5.97. The highest BCUT2D eigenvalue weighted by Crippen LogP contribution is 2.05. The van der Waals surface area contributed by atoms with Gasteiger partial charge in [-0.2, -0.15) is 0 Å². The van der Waals surface area contributed by atoms with E-state index < -0.39 is 24.0 Å². The lowest BCUT2D eigenvalue weighted by Gasteiger charge is -2.19. The third-order valence-electron chi connectivity index (χ3n) is 2.78. The molecule has 0 bridgehead atoms. The molecule has 7 heteroatoms. The summed E-state index contributed by atoms with van der Waals surface area (Å²) in [4.78, 5) is 23.3. The maximum absolute atomic E-state index is 12.0. The van der Waals surface area contributed by atoms with Crippen LogP contribution in [0.15, 0.2) is 24.3 Å². The van der Waals surface area contributed by atoms with E-state index in [9.17, 15) is 14.7 Å². The molecule has 1 aromatic rings. The van der Waals surface area contributed by atoms with Gasteiger partial charge in [0.2, 0.25) is 0 Å². The summed E-state index contributed by atoms with van der Waals surface area (Å²) in [5.41, 5.74) is 2.36. The standard InChI is InChI=1S/C15H18N2O5/c1-10(19)13(15(21)17-22)16-14(20)12-7-5-11(6-8-12)4-2-3-9-18/h5-8,10,13,18-19,22H,3,9H2,1H3,(H,16,20)(H,17,21)/t10-,13+/m1/s1. The Balaban J connectivity index is 2.77. The third-order valence-corrected chi connectivity index (χ3v) is 2.78. The molecule has 0 aromatic heterocycles. The van der Waals surface area contributed by atoms with Crippen molar-refractivity contribution in [1.29, 1.82) is 0 Å². The number of nitrogens with one attached hydrogen (secondary N) is 2. The van der Waals surface area contributed by atoms with E-state index in [1.54, 1.807) is 12.1 Å². The van der Waals surface area contributed by atoms with Crippen molar-refractivity contribution in [3.63, 3.8) is 0 Å². The maximum Gasteiger partial charge on any atom is 0.268 e. The van der Waals surface area contributed by atoms with Gasteiger partial charge in [0, 0.05) is 17.5 Å². The first-order valence-corrected chi connectivity index (χ1v) is 6.62. The number of rotatable bonds is 5. The van der Waals surface area contributed by atoms with E-state index in [1.807, 2.05) is 0 Å². The van der Waals surface area contributed by atoms with Crippen LogP contribution in [-0.2, 0) is 4.79 Å². The zero-order valence-electron chi connectivity index (χ0n) is 12.0. The minimum absolute atomic E-state index is 0.0128. The van der Waals surface area contributed by atoms with Gasteiger partial charge in [-0.05, 0) is 31.2 Å². The van der Waals surface area contributed by atoms with Crippen LogP contribution in [0.5, 0.6) is 0 Å². The van der Waals surface area contributed by atoms with Crippen molar-refractivity contribution < 1.29 is 25.0 Å². The summed E-state index contributed by atoms with van der Waals surface area (Å²) in [6.07, 6.45) is -0.797. The predicted octanol–water partition coefficient (Wildman–Crippen LogP) is -0.595. The Labute approximate surface area is 127 Å². The molecule has 0 aliphatic rings. The van der Waals surface area contributed by atoms with Crippen LogP contribution < -0.4 is 10.8 Å². The molecule has 0 radical (unpaired) electrons. The summed E-state index contributed by atoms with van der Waals surface area (Å²) < 4.78 is 0. The minimum atomic E-state index is -1.26. The van der Waals surface area contributed by atoms with Crippen LogP contribution in [0.4, 0.5) is 0 Å². The molecule has 2 atom stereocenters. The molecule has 118 valence electrons. The van der Waals surface area contributed by atoms with E-state index in [0.717, 1.165) is 0 Å². The Bertz CT molecular complexity index is 572. The molecule has 1 aromatic carbocycles. The lowest BCUT2D eigenvalue weighted by molar-refractivity contribution is -0.133. The number of amides is 2. The van der Waals surface area contributed by atoms with Crippen molar-refractivity contribution in [2.75, 3.05) is 6.61 Å². The van der Waals surface area contributed by atoms with E-state index >= 15 is 0 Å². The fourth-order valence-corrected chi connectivity index (χ4v) is 1.62. The van der Waals surface area contributed by atoms with Crippen molar-refractivity contribution in [3.8, 4) is 11.8 Å². The zero-order chi connectivity index (χ0) is 16.5. The molecule has 0 spiro atoms. The Hall–Kier alpha value is -2.40. The minimum Gasteiger partial charge on any atom is -0.395 e. The number of benzene rings is 1. The van der Waals surface area contributed by atoms with Crippen LogP contribution in [0, 0.1) is 11.8 Å². The van der Waals surface area contributed by atoms with Crippen LogP contribution in [0.1, 0.15) is 29.3 Å². The predicted molar refractivity (Wildman–Crippen MR) is 77.9 cm³/mol. The Morgan fingerprint density at radius 3 is 2.41 bits per heavy atom. The normalized spacial score (nSPS) is 12.5. The van der Waals surface area contributed by atoms with Crippen molar-refractivity contribution >= 4 is 11.8 Å². The quantitative estimate of drug-likeness (QED) is 0.283. The van der Waals surface area contributed by atoms with Crippen molar-refractivity contribution in [3.05, 3.63) is 35.4 Å². The van der Waals surface area contributed by atoms with E-state index in [4.69, 9.17) is 10.3 Å². The van der Waals surface area contributed by atoms with Crippen molar-refractivity contribution in [2.24, 2.45) is 0 Å². The first-order valence-electron chi connectivity index (χ1n) is 6.62. The van der Waals surface area contributed by atoms with Crippen LogP contribution in [0.25, 0.3) is 0 Å². The summed E-state index contributed by atoms with van der Waals surface area (Å²) in [7, 11) is 0. The van der Waals surface area contributed by atoms with Crippen LogP contribution >= 0.6 is 0 Å². The van der Waals surface area contributed by atoms with E-state index in [2.05, 4.69) is 17.2 Å². The fourth-order valence-electron chi connectivity index (χ4n) is 1.62. The summed E-state index contributed by atoms with van der Waals surface area (Å²) in [6, 6.07) is 5.04. The fraction of sp³-hybridized carbons (Fsp3) is 0.333. The molecule has 0 aliphatic carbocycles. The second-order valence-corrected chi connectivity index (χ2v) is 4.52. The molecule has 5 N–H and O–H groups in total. The largest absolute Gasteiger partial charge is 0.395 e. The lowest BCUT2D eigenvalue weighted by Crippen LogP contribution is -2.51. The van der Waals surface area contributed by atoms with Gasteiger partial charge in [0.05, 0.1) is 12.7 Å². The highest BCUT2D eigenvalue weighted by Gasteiger charge is 2.25. The summed E-state index contributed by atoms with van der Waals surface area (Å²) in [5.74, 6) is 4.10. The van der Waals surface area contributed by atoms with Crippen LogP contribution in [-0.4, -0.2) is 46.0 Å². The maximum atomic E-state index is 12.0. The number of hydrogen-bond donors (Lipinski definition) is 5. The summed E-state index contributed by atoms with van der Waals surface area (Å²) in [5, 5.41) is 29.0. The van der Waals surface area contributed by atoms with Crippen LogP contribution in [0.2, 0.25) is 0 Å². The van der Waals surface area contributed by atoms with E-state index in [0.29, 0.717) is 12.0 Å². The molecule has 22 heavy (non-hydrogen) atoms. The second kappa shape index (κ2) is 8.79. The molecular weight excluding hydrogens is 288 g/mol. The molecule has 0 heterocycles. The smallest absolute Gasteiger partial charge is 0.268 e. The van der Waals surface area contributed by atoms with Gasteiger partial charge in [-0.3, -0.25) is 14.8 Å². The van der Waals surface area contributed by atoms with Gasteiger partial charge in [-0.15, -0.1) is 0 Å². The number of hydrogen-bond acceptors (Lipinski definition) is 5. The second-order valence-electron chi connectivity index (χ2n) is 4.52. The molecule has 0 aliphatic heterocycles. The van der Waals surface area contributed by atoms with Gasteiger partial charge in [-0.1, -0.05) is 11.8 Å². The number of hydroxylamine groups is 1. The first kappa shape index (κ1) is 17.7. The molecule has 0 saturated heterocycles. The van der Waals surface area contributed by atoms with Gasteiger partial charge < -0.3 is 15.5 Å². The number of carbonyl (C=O) groups is 2. The van der Waals surface area contributed by atoms with Gasteiger partial charge >= 0.3 is 0 Å². The number of aliphatic hydroxyl groups is 2. The average molecular weight is 306 g/mol. The SMILES string of the molecule is C[C@@H](O)[C@H](NC(=O)c1ccc(C#CCCO)cc1)C(=O)NO. The Morgan fingerprint density at radius 2 is 1.91 bits per heavy atom. The molecule has 0 unspecified atom stereocenters. The van der Waals surface area contributed by atoms with Gasteiger partial charge in [-0.25, -0.2) is 5.48 Å². The molecule has 7 nitrogen and oxygen atoms in total. The topological polar surface area (TPSA) is 119 Å². The van der Waals surface area contributed by atoms with Crippen LogP contribution in [0.3, 0.4) is 0 Å².